The van der Waals surface area contributed by atoms with E-state index < -0.39 is 17.6 Å². The second kappa shape index (κ2) is 5.84. The summed E-state index contributed by atoms with van der Waals surface area (Å²) in [4.78, 5) is 29.8. The van der Waals surface area contributed by atoms with Crippen molar-refractivity contribution < 1.29 is 14.7 Å². The second-order valence-electron chi connectivity index (χ2n) is 4.66. The molecule has 0 bridgehead atoms. The molecule has 0 aliphatic heterocycles. The number of carboxylic acid groups (broad SMARTS) is 1. The highest BCUT2D eigenvalue weighted by atomic mass is 16.4. The monoisotopic (exact) mass is 288 g/mol. The summed E-state index contributed by atoms with van der Waals surface area (Å²) >= 11 is 0. The number of nitrogens with one attached hydrogen (secondary N) is 2. The fourth-order valence-corrected chi connectivity index (χ4v) is 2.17. The van der Waals surface area contributed by atoms with Crippen LogP contribution in [0.25, 0.3) is 11.0 Å². The van der Waals surface area contributed by atoms with E-state index in [4.69, 9.17) is 16.2 Å². The molecule has 1 atom stereocenters. The van der Waals surface area contributed by atoms with Gasteiger partial charge in [0.25, 0.3) is 0 Å². The molecular weight excluding hydrogens is 272 g/mol. The van der Waals surface area contributed by atoms with Gasteiger partial charge < -0.3 is 15.8 Å². The van der Waals surface area contributed by atoms with Crippen molar-refractivity contribution in [3.05, 3.63) is 29.6 Å². The summed E-state index contributed by atoms with van der Waals surface area (Å²) in [6.07, 6.45) is 0.444. The van der Waals surface area contributed by atoms with Gasteiger partial charge in [0.05, 0.1) is 23.5 Å². The molecule has 0 amide bonds. The van der Waals surface area contributed by atoms with Crippen LogP contribution in [0.2, 0.25) is 0 Å². The fraction of sp³-hybridized carbons (Fsp3) is 0.286. The predicted molar refractivity (Wildman–Crippen MR) is 77.9 cm³/mol. The number of nitrogens with zero attached hydrogens (tertiary/aromatic N) is 1. The van der Waals surface area contributed by atoms with Gasteiger partial charge in [-0.3, -0.25) is 10.2 Å². The minimum Gasteiger partial charge on any atom is -0.477 e. The van der Waals surface area contributed by atoms with E-state index in [1.54, 1.807) is 25.1 Å². The Morgan fingerprint density at radius 2 is 2.19 bits per heavy atom. The molecule has 1 aromatic carbocycles. The van der Waals surface area contributed by atoms with Crippen molar-refractivity contribution in [3.8, 4) is 0 Å². The topological polar surface area (TPSA) is 133 Å². The quantitative estimate of drug-likeness (QED) is 0.469. The van der Waals surface area contributed by atoms with E-state index >= 15 is 0 Å². The number of carbonyl (C=O) groups excluding carboxylic acids is 1. The van der Waals surface area contributed by atoms with Crippen LogP contribution in [0.1, 0.15) is 35.4 Å². The summed E-state index contributed by atoms with van der Waals surface area (Å²) in [6.45, 7) is 1.71. The number of imidazole rings is 1. The molecule has 1 aromatic heterocycles. The van der Waals surface area contributed by atoms with Crippen molar-refractivity contribution in [3.63, 3.8) is 0 Å². The van der Waals surface area contributed by atoms with Crippen LogP contribution in [0.15, 0.2) is 18.2 Å². The van der Waals surface area contributed by atoms with Gasteiger partial charge in [0.1, 0.15) is 11.5 Å². The Morgan fingerprint density at radius 3 is 2.76 bits per heavy atom. The lowest BCUT2D eigenvalue weighted by Gasteiger charge is -2.09. The van der Waals surface area contributed by atoms with Crippen molar-refractivity contribution in [1.82, 2.24) is 9.97 Å². The van der Waals surface area contributed by atoms with E-state index in [9.17, 15) is 9.59 Å². The zero-order valence-corrected chi connectivity index (χ0v) is 11.5. The van der Waals surface area contributed by atoms with E-state index in [0.717, 1.165) is 0 Å². The lowest BCUT2D eigenvalue weighted by atomic mass is 10.00. The maximum Gasteiger partial charge on any atom is 0.350 e. The van der Waals surface area contributed by atoms with Gasteiger partial charge in [-0.2, -0.15) is 0 Å². The summed E-state index contributed by atoms with van der Waals surface area (Å²) in [5, 5.41) is 16.6. The second-order valence-corrected chi connectivity index (χ2v) is 4.66. The first kappa shape index (κ1) is 14.9. The van der Waals surface area contributed by atoms with Gasteiger partial charge >= 0.3 is 5.97 Å². The summed E-state index contributed by atoms with van der Waals surface area (Å²) in [5.41, 5.74) is 6.64. The number of nitrogens with two attached hydrogens (primary N) is 1. The number of aromatic amines is 1. The van der Waals surface area contributed by atoms with Gasteiger partial charge in [0.15, 0.2) is 5.78 Å². The molecule has 110 valence electrons. The average Bonchev–Trinajstić information content (AvgIpc) is 2.89. The molecule has 0 aliphatic carbocycles. The number of fused-ring (bicyclic) bond motifs is 1. The zero-order chi connectivity index (χ0) is 15.6. The normalized spacial score (nSPS) is 12.3. The summed E-state index contributed by atoms with van der Waals surface area (Å²) in [6, 6.07) is 4.94. The van der Waals surface area contributed by atoms with Crippen LogP contribution in [0.5, 0.6) is 0 Å². The molecule has 0 saturated carbocycles. The average molecular weight is 288 g/mol. The number of aromatic nitrogens is 2. The highest BCUT2D eigenvalue weighted by Gasteiger charge is 2.24. The van der Waals surface area contributed by atoms with Gasteiger partial charge in [0.2, 0.25) is 0 Å². The third-order valence-electron chi connectivity index (χ3n) is 3.32. The van der Waals surface area contributed by atoms with Crippen molar-refractivity contribution in [1.29, 1.82) is 5.41 Å². The standard InChI is InChI=1S/C14H16N4O3/c1-2-8(12(16)14(20)21)13-17-9-4-3-7(11(19)6-15)5-10(9)18-13/h3-5,8,16H,2,6,15H2,1H3,(H,17,18)(H,20,21)/t8-/m0/s1. The van der Waals surface area contributed by atoms with Crippen LogP contribution in [-0.2, 0) is 4.79 Å². The molecule has 0 spiro atoms. The Labute approximate surface area is 120 Å². The Bertz CT molecular complexity index is 720. The van der Waals surface area contributed by atoms with Gasteiger partial charge in [-0.25, -0.2) is 9.78 Å². The minimum absolute atomic E-state index is 0.0756. The number of hydrogen-bond acceptors (Lipinski definition) is 5. The lowest BCUT2D eigenvalue weighted by Crippen LogP contribution is -2.21. The maximum atomic E-state index is 11.6. The predicted octanol–water partition coefficient (Wildman–Crippen LogP) is 1.30. The van der Waals surface area contributed by atoms with Crippen LogP contribution in [0.3, 0.4) is 0 Å². The molecular formula is C14H16N4O3. The number of aliphatic carboxylic acids is 1. The van der Waals surface area contributed by atoms with Crippen LogP contribution in [-0.4, -0.2) is 39.1 Å². The first-order valence-corrected chi connectivity index (χ1v) is 6.52. The zero-order valence-electron chi connectivity index (χ0n) is 11.5. The van der Waals surface area contributed by atoms with Crippen molar-refractivity contribution >= 4 is 28.5 Å². The molecule has 1 heterocycles. The number of carbonyl (C=O) groups is 2. The van der Waals surface area contributed by atoms with Crippen LogP contribution >= 0.6 is 0 Å². The van der Waals surface area contributed by atoms with Crippen molar-refractivity contribution in [2.24, 2.45) is 5.73 Å². The Balaban J connectivity index is 2.44. The first-order valence-electron chi connectivity index (χ1n) is 6.52. The molecule has 0 unspecified atom stereocenters. The smallest absolute Gasteiger partial charge is 0.350 e. The molecule has 5 N–H and O–H groups in total. The van der Waals surface area contributed by atoms with E-state index in [-0.39, 0.29) is 12.3 Å². The molecule has 21 heavy (non-hydrogen) atoms. The Hall–Kier alpha value is -2.54. The number of carboxylic acids is 1. The van der Waals surface area contributed by atoms with E-state index in [1.165, 1.54) is 0 Å². The molecule has 0 saturated heterocycles. The van der Waals surface area contributed by atoms with E-state index in [1.807, 2.05) is 0 Å². The molecule has 7 nitrogen and oxygen atoms in total. The van der Waals surface area contributed by atoms with Gasteiger partial charge in [-0.1, -0.05) is 6.92 Å². The van der Waals surface area contributed by atoms with Crippen LogP contribution in [0.4, 0.5) is 0 Å². The van der Waals surface area contributed by atoms with Gasteiger partial charge in [-0.05, 0) is 24.6 Å². The highest BCUT2D eigenvalue weighted by Crippen LogP contribution is 2.22. The lowest BCUT2D eigenvalue weighted by molar-refractivity contribution is -0.129. The van der Waals surface area contributed by atoms with E-state index in [0.29, 0.717) is 28.8 Å². The molecule has 2 aromatic rings. The fourth-order valence-electron chi connectivity index (χ4n) is 2.17. The number of rotatable bonds is 6. The third kappa shape index (κ3) is 2.82. The molecule has 0 fully saturated rings. The molecule has 0 aliphatic rings. The van der Waals surface area contributed by atoms with E-state index in [2.05, 4.69) is 9.97 Å². The number of hydrogen-bond donors (Lipinski definition) is 4. The van der Waals surface area contributed by atoms with Crippen molar-refractivity contribution in [2.75, 3.05) is 6.54 Å². The maximum absolute atomic E-state index is 11.6. The molecule has 7 heteroatoms. The summed E-state index contributed by atoms with van der Waals surface area (Å²) in [7, 11) is 0. The SMILES string of the molecule is CC[C@@H](C(=N)C(=O)O)c1nc2ccc(C(=O)CN)cc2[nH]1. The summed E-state index contributed by atoms with van der Waals surface area (Å²) in [5.74, 6) is -1.64. The third-order valence-corrected chi connectivity index (χ3v) is 3.32. The van der Waals surface area contributed by atoms with Crippen molar-refractivity contribution in [2.45, 2.75) is 19.3 Å². The number of benzene rings is 1. The Kier molecular flexibility index (Phi) is 4.13. The minimum atomic E-state index is -1.26. The number of H-pyrrole nitrogens is 1. The highest BCUT2D eigenvalue weighted by molar-refractivity contribution is 6.36. The largest absolute Gasteiger partial charge is 0.477 e. The molecule has 2 rings (SSSR count). The van der Waals surface area contributed by atoms with Crippen LogP contribution in [0, 0.1) is 5.41 Å². The van der Waals surface area contributed by atoms with Gasteiger partial charge in [-0.15, -0.1) is 0 Å². The first-order chi connectivity index (χ1) is 9.97. The molecule has 0 radical (unpaired) electrons. The Morgan fingerprint density at radius 1 is 1.48 bits per heavy atom. The summed E-state index contributed by atoms with van der Waals surface area (Å²) < 4.78 is 0. The number of ketones is 1. The number of Topliss-reactive ketones (excluding diaryl/α,β-unsaturated/α-hetero) is 1. The van der Waals surface area contributed by atoms with Crippen LogP contribution < -0.4 is 5.73 Å². The van der Waals surface area contributed by atoms with Gasteiger partial charge in [0, 0.05) is 5.56 Å².